The second-order valence-electron chi connectivity index (χ2n) is 4.77. The van der Waals surface area contributed by atoms with E-state index in [2.05, 4.69) is 10.3 Å². The van der Waals surface area contributed by atoms with Crippen LogP contribution in [0.5, 0.6) is 0 Å². The maximum absolute atomic E-state index is 12.4. The van der Waals surface area contributed by atoms with Gasteiger partial charge >= 0.3 is 6.18 Å². The fraction of sp³-hybridized carbons (Fsp3) is 0.538. The van der Waals surface area contributed by atoms with Gasteiger partial charge in [-0.15, -0.1) is 0 Å². The largest absolute Gasteiger partial charge is 0.433 e. The molecule has 0 spiro atoms. The number of carbonyl (C=O) groups is 1. The molecular weight excluding hydrogens is 271 g/mol. The SMILES string of the molecule is CNC(=O)C1CCN(c2ccc(C(F)(F)F)nc2)CC1. The van der Waals surface area contributed by atoms with Gasteiger partial charge in [-0.2, -0.15) is 13.2 Å². The van der Waals surface area contributed by atoms with Gasteiger partial charge in [0.15, 0.2) is 0 Å². The number of anilines is 1. The normalized spacial score (nSPS) is 17.1. The number of hydrogen-bond acceptors (Lipinski definition) is 3. The molecule has 1 amide bonds. The number of rotatable bonds is 2. The molecule has 1 aliphatic heterocycles. The van der Waals surface area contributed by atoms with E-state index in [0.29, 0.717) is 31.6 Å². The van der Waals surface area contributed by atoms with Crippen molar-refractivity contribution in [3.63, 3.8) is 0 Å². The average molecular weight is 287 g/mol. The second kappa shape index (κ2) is 5.68. The summed E-state index contributed by atoms with van der Waals surface area (Å²) in [4.78, 5) is 16.9. The Bertz CT molecular complexity index is 465. The lowest BCUT2D eigenvalue weighted by atomic mass is 9.96. The van der Waals surface area contributed by atoms with E-state index in [-0.39, 0.29) is 11.8 Å². The van der Waals surface area contributed by atoms with Crippen molar-refractivity contribution in [2.24, 2.45) is 5.92 Å². The third kappa shape index (κ3) is 3.20. The molecule has 0 unspecified atom stereocenters. The number of aromatic nitrogens is 1. The first-order valence-electron chi connectivity index (χ1n) is 6.41. The van der Waals surface area contributed by atoms with Crippen LogP contribution in [0.15, 0.2) is 18.3 Å². The van der Waals surface area contributed by atoms with Crippen LogP contribution >= 0.6 is 0 Å². The molecule has 20 heavy (non-hydrogen) atoms. The molecule has 0 bridgehead atoms. The first-order valence-corrected chi connectivity index (χ1v) is 6.41. The molecular formula is C13H16F3N3O. The molecule has 2 rings (SSSR count). The number of nitrogens with one attached hydrogen (secondary N) is 1. The lowest BCUT2D eigenvalue weighted by molar-refractivity contribution is -0.141. The molecule has 1 fully saturated rings. The smallest absolute Gasteiger partial charge is 0.370 e. The Kier molecular flexibility index (Phi) is 4.15. The summed E-state index contributed by atoms with van der Waals surface area (Å²) >= 11 is 0. The molecule has 0 aliphatic carbocycles. The van der Waals surface area contributed by atoms with Gasteiger partial charge in [0.1, 0.15) is 5.69 Å². The van der Waals surface area contributed by atoms with Gasteiger partial charge in [-0.25, -0.2) is 4.98 Å². The van der Waals surface area contributed by atoms with Crippen molar-refractivity contribution >= 4 is 11.6 Å². The Morgan fingerprint density at radius 1 is 1.35 bits per heavy atom. The van der Waals surface area contributed by atoms with Gasteiger partial charge in [0.2, 0.25) is 5.91 Å². The second-order valence-corrected chi connectivity index (χ2v) is 4.77. The summed E-state index contributed by atoms with van der Waals surface area (Å²) in [6, 6.07) is 2.41. The Morgan fingerprint density at radius 3 is 2.45 bits per heavy atom. The van der Waals surface area contributed by atoms with Gasteiger partial charge in [0.05, 0.1) is 11.9 Å². The van der Waals surface area contributed by atoms with Crippen LogP contribution in [0.1, 0.15) is 18.5 Å². The van der Waals surface area contributed by atoms with Crippen LogP contribution in [0.25, 0.3) is 0 Å². The summed E-state index contributed by atoms with van der Waals surface area (Å²) in [6.45, 7) is 1.29. The fourth-order valence-corrected chi connectivity index (χ4v) is 2.34. The van der Waals surface area contributed by atoms with Gasteiger partial charge in [-0.1, -0.05) is 0 Å². The summed E-state index contributed by atoms with van der Waals surface area (Å²) < 4.78 is 37.3. The molecule has 0 saturated carbocycles. The summed E-state index contributed by atoms with van der Waals surface area (Å²) in [5, 5.41) is 2.62. The predicted molar refractivity (Wildman–Crippen MR) is 68.2 cm³/mol. The van der Waals surface area contributed by atoms with Gasteiger partial charge < -0.3 is 10.2 Å². The van der Waals surface area contributed by atoms with Gasteiger partial charge in [0.25, 0.3) is 0 Å². The average Bonchev–Trinajstić information content (AvgIpc) is 2.46. The third-order valence-electron chi connectivity index (χ3n) is 3.52. The molecule has 0 aromatic carbocycles. The van der Waals surface area contributed by atoms with E-state index in [1.165, 1.54) is 12.3 Å². The molecule has 110 valence electrons. The topological polar surface area (TPSA) is 45.2 Å². The highest BCUT2D eigenvalue weighted by molar-refractivity contribution is 5.78. The summed E-state index contributed by atoms with van der Waals surface area (Å²) in [7, 11) is 1.61. The molecule has 1 aromatic heterocycles. The highest BCUT2D eigenvalue weighted by Gasteiger charge is 2.32. The van der Waals surface area contributed by atoms with Crippen molar-refractivity contribution in [3.05, 3.63) is 24.0 Å². The molecule has 1 N–H and O–H groups in total. The van der Waals surface area contributed by atoms with Crippen LogP contribution in [0.2, 0.25) is 0 Å². The third-order valence-corrected chi connectivity index (χ3v) is 3.52. The standard InChI is InChI=1S/C13H16F3N3O/c1-17-12(20)9-4-6-19(7-5-9)10-2-3-11(18-8-10)13(14,15)16/h2-3,8-9H,4-7H2,1H3,(H,17,20). The maximum Gasteiger partial charge on any atom is 0.433 e. The van der Waals surface area contributed by atoms with Crippen LogP contribution in [0, 0.1) is 5.92 Å². The van der Waals surface area contributed by atoms with E-state index in [1.54, 1.807) is 7.05 Å². The number of halogens is 3. The van der Waals surface area contributed by atoms with Crippen LogP contribution in [0.3, 0.4) is 0 Å². The number of alkyl halides is 3. The highest BCUT2D eigenvalue weighted by atomic mass is 19.4. The molecule has 0 radical (unpaired) electrons. The number of piperidine rings is 1. The molecule has 1 aromatic rings. The number of amides is 1. The minimum atomic E-state index is -4.41. The monoisotopic (exact) mass is 287 g/mol. The van der Waals surface area contributed by atoms with E-state index in [0.717, 1.165) is 6.07 Å². The molecule has 2 heterocycles. The quantitative estimate of drug-likeness (QED) is 0.905. The maximum atomic E-state index is 12.4. The molecule has 1 saturated heterocycles. The van der Waals surface area contributed by atoms with Crippen molar-refractivity contribution in [2.75, 3.05) is 25.0 Å². The lowest BCUT2D eigenvalue weighted by Crippen LogP contribution is -2.39. The van der Waals surface area contributed by atoms with Gasteiger partial charge in [-0.3, -0.25) is 4.79 Å². The summed E-state index contributed by atoms with van der Waals surface area (Å²) in [5.74, 6) is 0.00820. The van der Waals surface area contributed by atoms with Crippen LogP contribution in [-0.4, -0.2) is 31.0 Å². The summed E-state index contributed by atoms with van der Waals surface area (Å²) in [5.41, 5.74) is -0.227. The van der Waals surface area contributed by atoms with E-state index < -0.39 is 11.9 Å². The molecule has 1 aliphatic rings. The zero-order valence-electron chi connectivity index (χ0n) is 11.1. The van der Waals surface area contributed by atoms with E-state index in [4.69, 9.17) is 0 Å². The first-order chi connectivity index (χ1) is 9.41. The minimum absolute atomic E-state index is 0.0151. The lowest BCUT2D eigenvalue weighted by Gasteiger charge is -2.32. The first kappa shape index (κ1) is 14.6. The van der Waals surface area contributed by atoms with Crippen LogP contribution < -0.4 is 10.2 Å². The molecule has 0 atom stereocenters. The van der Waals surface area contributed by atoms with Crippen LogP contribution in [-0.2, 0) is 11.0 Å². The molecule has 7 heteroatoms. The van der Waals surface area contributed by atoms with Crippen molar-refractivity contribution in [3.8, 4) is 0 Å². The number of hydrogen-bond donors (Lipinski definition) is 1. The van der Waals surface area contributed by atoms with Gasteiger partial charge in [-0.05, 0) is 25.0 Å². The number of carbonyl (C=O) groups excluding carboxylic acids is 1. The van der Waals surface area contributed by atoms with E-state index in [1.807, 2.05) is 4.90 Å². The summed E-state index contributed by atoms with van der Waals surface area (Å²) in [6.07, 6.45) is -1.78. The number of nitrogens with zero attached hydrogens (tertiary/aromatic N) is 2. The zero-order valence-corrected chi connectivity index (χ0v) is 11.1. The Balaban J connectivity index is 1.99. The fourth-order valence-electron chi connectivity index (χ4n) is 2.34. The zero-order chi connectivity index (χ0) is 14.8. The van der Waals surface area contributed by atoms with E-state index >= 15 is 0 Å². The van der Waals surface area contributed by atoms with Crippen molar-refractivity contribution in [1.82, 2.24) is 10.3 Å². The van der Waals surface area contributed by atoms with Gasteiger partial charge in [0, 0.05) is 26.1 Å². The van der Waals surface area contributed by atoms with Crippen LogP contribution in [0.4, 0.5) is 18.9 Å². The highest BCUT2D eigenvalue weighted by Crippen LogP contribution is 2.29. The van der Waals surface area contributed by atoms with E-state index in [9.17, 15) is 18.0 Å². The predicted octanol–water partition coefficient (Wildman–Crippen LogP) is 2.06. The van der Waals surface area contributed by atoms with Crippen molar-refractivity contribution < 1.29 is 18.0 Å². The molecule has 4 nitrogen and oxygen atoms in total. The minimum Gasteiger partial charge on any atom is -0.370 e. The van der Waals surface area contributed by atoms with Crippen molar-refractivity contribution in [2.45, 2.75) is 19.0 Å². The number of pyridine rings is 1. The Hall–Kier alpha value is -1.79. The van der Waals surface area contributed by atoms with Crippen molar-refractivity contribution in [1.29, 1.82) is 0 Å². The Morgan fingerprint density at radius 2 is 2.00 bits per heavy atom. The Labute approximate surface area is 115 Å².